The molecule has 134 valence electrons. The van der Waals surface area contributed by atoms with Gasteiger partial charge in [0.2, 0.25) is 5.95 Å². The van der Waals surface area contributed by atoms with E-state index in [0.717, 1.165) is 0 Å². The summed E-state index contributed by atoms with van der Waals surface area (Å²) < 4.78 is 12.9. The van der Waals surface area contributed by atoms with Gasteiger partial charge in [0, 0.05) is 14.1 Å². The van der Waals surface area contributed by atoms with E-state index < -0.39 is 29.6 Å². The minimum Gasteiger partial charge on any atom is -0.393 e. The van der Waals surface area contributed by atoms with E-state index in [0.29, 0.717) is 0 Å². The molecule has 25 heavy (non-hydrogen) atoms. The van der Waals surface area contributed by atoms with E-state index in [9.17, 15) is 15.0 Å². The molecule has 2 aliphatic heterocycles. The Morgan fingerprint density at radius 3 is 3.08 bits per heavy atom. The van der Waals surface area contributed by atoms with E-state index in [1.165, 1.54) is 17.2 Å². The van der Waals surface area contributed by atoms with Gasteiger partial charge in [-0.15, -0.1) is 0 Å². The number of hydrogen-bond acceptors (Lipinski definition) is 8. The first-order chi connectivity index (χ1) is 11.9. The lowest BCUT2D eigenvalue weighted by molar-refractivity contribution is -0.185. The first kappa shape index (κ1) is 16.1. The maximum Gasteiger partial charge on any atom is 0.280 e. The highest BCUT2D eigenvalue weighted by molar-refractivity contribution is 5.71. The van der Waals surface area contributed by atoms with Gasteiger partial charge in [0.25, 0.3) is 5.56 Å². The molecular weight excluding hydrogens is 332 g/mol. The van der Waals surface area contributed by atoms with Gasteiger partial charge in [-0.2, -0.15) is 4.98 Å². The summed E-state index contributed by atoms with van der Waals surface area (Å²) in [6.45, 7) is -0.273. The fraction of sp³-hybridized carbons (Fsp3) is 0.571. The van der Waals surface area contributed by atoms with E-state index in [1.54, 1.807) is 19.0 Å². The van der Waals surface area contributed by atoms with Crippen molar-refractivity contribution in [1.29, 1.82) is 0 Å². The van der Waals surface area contributed by atoms with Gasteiger partial charge < -0.3 is 24.6 Å². The Morgan fingerprint density at radius 1 is 1.60 bits per heavy atom. The van der Waals surface area contributed by atoms with Crippen molar-refractivity contribution in [3.8, 4) is 0 Å². The topological polar surface area (TPSA) is 138 Å². The fourth-order valence-corrected chi connectivity index (χ4v) is 3.09. The van der Waals surface area contributed by atoms with Crippen LogP contribution < -0.4 is 5.56 Å². The van der Waals surface area contributed by atoms with Crippen LogP contribution in [-0.4, -0.2) is 86.1 Å². The second-order valence-corrected chi connectivity index (χ2v) is 6.37. The smallest absolute Gasteiger partial charge is 0.280 e. The Labute approximate surface area is 141 Å². The molecule has 2 fully saturated rings. The van der Waals surface area contributed by atoms with Crippen molar-refractivity contribution in [3.63, 3.8) is 0 Å². The van der Waals surface area contributed by atoms with Gasteiger partial charge in [0.1, 0.15) is 17.8 Å². The Balaban J connectivity index is 1.78. The summed E-state index contributed by atoms with van der Waals surface area (Å²) in [5, 5.41) is 19.9. The van der Waals surface area contributed by atoms with Crippen molar-refractivity contribution < 1.29 is 19.7 Å². The molecule has 4 rings (SSSR count). The summed E-state index contributed by atoms with van der Waals surface area (Å²) in [5.74, 6) is 0.120. The average molecular weight is 350 g/mol. The van der Waals surface area contributed by atoms with Gasteiger partial charge in [-0.05, 0) is 0 Å². The third kappa shape index (κ3) is 2.35. The first-order valence-electron chi connectivity index (χ1n) is 7.71. The van der Waals surface area contributed by atoms with Gasteiger partial charge in [-0.1, -0.05) is 0 Å². The van der Waals surface area contributed by atoms with E-state index in [4.69, 9.17) is 9.47 Å². The Kier molecular flexibility index (Phi) is 3.61. The van der Waals surface area contributed by atoms with Gasteiger partial charge in [-0.25, -0.2) is 9.98 Å². The maximum absolute atomic E-state index is 12.2. The van der Waals surface area contributed by atoms with Crippen molar-refractivity contribution in [1.82, 2.24) is 24.4 Å². The lowest BCUT2D eigenvalue weighted by Gasteiger charge is -2.29. The fourth-order valence-electron chi connectivity index (χ4n) is 3.09. The molecule has 0 amide bonds. The van der Waals surface area contributed by atoms with Crippen molar-refractivity contribution in [3.05, 3.63) is 16.7 Å². The molecule has 4 atom stereocenters. The van der Waals surface area contributed by atoms with Gasteiger partial charge in [-0.3, -0.25) is 14.3 Å². The molecule has 11 nitrogen and oxygen atoms in total. The third-order valence-electron chi connectivity index (χ3n) is 4.38. The number of nitrogens with one attached hydrogen (secondary N) is 1. The summed E-state index contributed by atoms with van der Waals surface area (Å²) in [6, 6.07) is 0. The molecule has 2 aliphatic rings. The van der Waals surface area contributed by atoms with Crippen LogP contribution in [0.15, 0.2) is 16.1 Å². The number of aliphatic imine (C=N–C) groups is 1. The van der Waals surface area contributed by atoms with Crippen LogP contribution in [0.1, 0.15) is 6.23 Å². The predicted molar refractivity (Wildman–Crippen MR) is 85.7 cm³/mol. The van der Waals surface area contributed by atoms with Crippen LogP contribution in [0.5, 0.6) is 0 Å². The highest BCUT2D eigenvalue weighted by Crippen LogP contribution is 2.45. The van der Waals surface area contributed by atoms with Gasteiger partial charge >= 0.3 is 0 Å². The van der Waals surface area contributed by atoms with E-state index in [1.807, 2.05) is 0 Å². The second-order valence-electron chi connectivity index (χ2n) is 6.37. The van der Waals surface area contributed by atoms with Crippen LogP contribution in [0, 0.1) is 0 Å². The molecule has 2 bridgehead atoms. The molecule has 11 heteroatoms. The molecule has 0 radical (unpaired) electrons. The number of fused-ring (bicyclic) bond motifs is 3. The number of H-pyrrole nitrogens is 1. The summed E-state index contributed by atoms with van der Waals surface area (Å²) in [6.07, 6.45) is 0.499. The van der Waals surface area contributed by atoms with Crippen LogP contribution in [0.4, 0.5) is 5.95 Å². The summed E-state index contributed by atoms with van der Waals surface area (Å²) in [4.78, 5) is 28.9. The van der Waals surface area contributed by atoms with E-state index >= 15 is 0 Å². The van der Waals surface area contributed by atoms with Crippen molar-refractivity contribution in [2.24, 2.45) is 4.99 Å². The standard InChI is InChI=1S/C14H18N6O5/c1-19(2)5-16-13-17-10-7(11(23)18-13)15-6-20(10)12-8-9(22)14(3-21,25-12)4-24-8/h5-6,8-9,12,21-22H,3-4H2,1-2H3,(H,17,18,23)/t8-,9+,12-,14+/m1/s1. The van der Waals surface area contributed by atoms with Gasteiger partial charge in [0.05, 0.1) is 25.9 Å². The SMILES string of the molecule is CN(C)C=Nc1nc2c(ncn2[C@@H]2O[C@@]3(CO)CO[C@@H]2[C@@H]3O)c(=O)[nH]1. The maximum atomic E-state index is 12.2. The van der Waals surface area contributed by atoms with Gasteiger partial charge in [0.15, 0.2) is 17.4 Å². The molecule has 2 aromatic rings. The van der Waals surface area contributed by atoms with Crippen LogP contribution in [-0.2, 0) is 9.47 Å². The number of hydrogen-bond donors (Lipinski definition) is 3. The molecular formula is C14H18N6O5. The highest BCUT2D eigenvalue weighted by atomic mass is 16.7. The molecule has 4 heterocycles. The number of ether oxygens (including phenoxy) is 2. The molecule has 2 aromatic heterocycles. The number of aliphatic hydroxyl groups is 2. The predicted octanol–water partition coefficient (Wildman–Crippen LogP) is -1.64. The van der Waals surface area contributed by atoms with Crippen LogP contribution in [0.25, 0.3) is 11.2 Å². The molecule has 0 unspecified atom stereocenters. The summed E-state index contributed by atoms with van der Waals surface area (Å²) in [7, 11) is 3.58. The second kappa shape index (κ2) is 5.59. The Hall–Kier alpha value is -2.34. The molecule has 0 aliphatic carbocycles. The lowest BCUT2D eigenvalue weighted by atomic mass is 10.0. The lowest BCUT2D eigenvalue weighted by Crippen LogP contribution is -2.44. The quantitative estimate of drug-likeness (QED) is 0.441. The minimum absolute atomic E-state index is 0.102. The number of nitrogens with zero attached hydrogens (tertiary/aromatic N) is 5. The molecule has 0 aromatic carbocycles. The number of rotatable bonds is 4. The number of imidazole rings is 1. The van der Waals surface area contributed by atoms with Crippen molar-refractivity contribution >= 4 is 23.5 Å². The van der Waals surface area contributed by atoms with E-state index in [2.05, 4.69) is 19.9 Å². The monoisotopic (exact) mass is 350 g/mol. The largest absolute Gasteiger partial charge is 0.393 e. The average Bonchev–Trinajstić information content (AvgIpc) is 3.23. The summed E-state index contributed by atoms with van der Waals surface area (Å²) in [5.41, 5.74) is -1.21. The van der Waals surface area contributed by atoms with Crippen molar-refractivity contribution in [2.75, 3.05) is 27.3 Å². The molecule has 2 saturated heterocycles. The zero-order chi connectivity index (χ0) is 17.8. The zero-order valence-electron chi connectivity index (χ0n) is 13.7. The first-order valence-corrected chi connectivity index (χ1v) is 7.71. The number of aromatic amines is 1. The Bertz CT molecular complexity index is 891. The van der Waals surface area contributed by atoms with Crippen molar-refractivity contribution in [2.45, 2.75) is 24.0 Å². The van der Waals surface area contributed by atoms with Crippen LogP contribution in [0.3, 0.4) is 0 Å². The van der Waals surface area contributed by atoms with Crippen LogP contribution >= 0.6 is 0 Å². The van der Waals surface area contributed by atoms with E-state index in [-0.39, 0.29) is 30.3 Å². The molecule has 0 spiro atoms. The Morgan fingerprint density at radius 2 is 2.40 bits per heavy atom. The molecule has 3 N–H and O–H groups in total. The van der Waals surface area contributed by atoms with Crippen LogP contribution in [0.2, 0.25) is 0 Å². The number of aromatic nitrogens is 4. The number of aliphatic hydroxyl groups excluding tert-OH is 2. The zero-order valence-corrected chi connectivity index (χ0v) is 13.7. The summed E-state index contributed by atoms with van der Waals surface area (Å²) >= 11 is 0. The third-order valence-corrected chi connectivity index (χ3v) is 4.38. The molecule has 0 saturated carbocycles. The minimum atomic E-state index is -1.17. The normalized spacial score (nSPS) is 31.4. The highest BCUT2D eigenvalue weighted by Gasteiger charge is 2.61.